The van der Waals surface area contributed by atoms with E-state index in [2.05, 4.69) is 97.3 Å². The molecule has 0 spiro atoms. The minimum atomic E-state index is -1.51. The molecule has 0 bridgehead atoms. The Bertz CT molecular complexity index is 4410. The van der Waals surface area contributed by atoms with Crippen molar-refractivity contribution in [3.8, 4) is 56.2 Å². The number of nitrogens with two attached hydrogens (primary N) is 6. The first-order valence-electron chi connectivity index (χ1n) is 25.6. The van der Waals surface area contributed by atoms with Crippen LogP contribution < -0.4 is 45.4 Å². The number of nitrogen functional groups attached to an aromatic ring is 6. The van der Waals surface area contributed by atoms with E-state index in [9.17, 15) is 22.0 Å². The van der Waals surface area contributed by atoms with Gasteiger partial charge in [-0.2, -0.15) is 4.98 Å². The maximum Gasteiger partial charge on any atom is 0.488 e. The molecule has 22 nitrogen and oxygen atoms in total. The number of hydrogen-bond acceptors (Lipinski definition) is 21. The maximum atomic E-state index is 13.3. The van der Waals surface area contributed by atoms with Crippen LogP contribution in [-0.4, -0.2) is 81.6 Å². The highest BCUT2D eigenvalue weighted by molar-refractivity contribution is 9.11. The SMILES string of the molecule is Cc1cc(-c2c(-c3ccc(F)cc3)nc(N)n3cnnc23)cc(Cl)n1.NNc1nc(N)nc(-c2ccc(F)cc2)c1Br.Nc1nc(Cl)c(Br)c(-c2ccc(F)cc2)n1.Nc1nc(Cl)cc(-c2ccc(F)cc2)n1.Nc1nc(Cl)cc(Cl)n1.OB(O)c1ccc(F)cc1. The number of nitrogens with zero attached hydrogens (tertiary/aromatic N) is 13. The molecule has 0 unspecified atom stereocenters. The maximum absolute atomic E-state index is 13.3. The quantitative estimate of drug-likeness (QED) is 0.0179. The van der Waals surface area contributed by atoms with Crippen molar-refractivity contribution in [3.63, 3.8) is 0 Å². The van der Waals surface area contributed by atoms with Gasteiger partial charge in [-0.25, -0.2) is 72.7 Å². The van der Waals surface area contributed by atoms with E-state index >= 15 is 0 Å². The Morgan fingerprint density at radius 3 is 1.33 bits per heavy atom. The first-order chi connectivity index (χ1) is 43.7. The average Bonchev–Trinajstić information content (AvgIpc) is 1.42. The third-order valence-electron chi connectivity index (χ3n) is 11.6. The number of benzene rings is 5. The fourth-order valence-electron chi connectivity index (χ4n) is 7.60. The normalized spacial score (nSPS) is 10.4. The average molecular weight is 1480 g/mol. The second-order valence-electron chi connectivity index (χ2n) is 18.1. The molecule has 0 saturated heterocycles. The van der Waals surface area contributed by atoms with Crippen molar-refractivity contribution in [1.82, 2.24) is 64.4 Å². The van der Waals surface area contributed by atoms with Gasteiger partial charge in [-0.15, -0.1) is 10.2 Å². The van der Waals surface area contributed by atoms with Gasteiger partial charge in [-0.3, -0.25) is 4.40 Å². The molecule has 0 saturated carbocycles. The number of pyridine rings is 1. The Morgan fingerprint density at radius 2 is 0.870 bits per heavy atom. The lowest BCUT2D eigenvalue weighted by atomic mass is 9.80. The number of fused-ring (bicyclic) bond motifs is 1. The summed E-state index contributed by atoms with van der Waals surface area (Å²) in [5.41, 5.74) is 38.3. The Hall–Kier alpha value is -9.08. The van der Waals surface area contributed by atoms with Crippen molar-refractivity contribution in [2.75, 3.05) is 34.1 Å². The van der Waals surface area contributed by atoms with Crippen LogP contribution in [-0.2, 0) is 0 Å². The Morgan fingerprint density at radius 1 is 0.457 bits per heavy atom. The standard InChI is InChI=1S/C17H12ClFN6.C10H6BrClFN3.C10H9BrFN5.C10H7ClFN3.C6H6BFO2.C4H3Cl2N3/c1-9-6-11(7-13(18)22-9)14-15(10-2-4-12(19)5-3-10)23-17(20)25-8-21-24-16(14)25;11-7-8(15-10(14)16-9(7)12)5-1-3-6(13)4-2-5;11-7-8(5-1-3-6(12)4-2-5)15-10(13)16-9(7)17-14;11-9-5-8(14-10(13)15-9)6-1-3-7(12)4-2-6;8-6-3-1-5(2-4-6)7(9)10;5-2-1-3(6)9-4(7)8-2/h2-8H,1H3,(H2,20,23);1-4H,(H2,14,15,16);1-4H,14H2,(H3,13,15,16,17);1-5H,(H2,13,14,15);1-4,9-10H;1H,(H2,7,8,9). The zero-order valence-electron chi connectivity index (χ0n) is 46.7. The monoisotopic (exact) mass is 1480 g/mol. The van der Waals surface area contributed by atoms with Gasteiger partial charge in [0, 0.05) is 40.1 Å². The third-order valence-corrected chi connectivity index (χ3v) is 14.4. The van der Waals surface area contributed by atoms with Gasteiger partial charge in [0.15, 0.2) is 11.5 Å². The predicted molar refractivity (Wildman–Crippen MR) is 355 cm³/mol. The van der Waals surface area contributed by atoms with Gasteiger partial charge in [0.05, 0.1) is 37.3 Å². The number of halogens is 12. The number of aryl methyl sites for hydroxylation is 1. The van der Waals surface area contributed by atoms with Crippen LogP contribution in [0.15, 0.2) is 161 Å². The van der Waals surface area contributed by atoms with Crippen molar-refractivity contribution >= 4 is 144 Å². The van der Waals surface area contributed by atoms with Crippen molar-refractivity contribution in [2.45, 2.75) is 6.92 Å². The fraction of sp³-hybridized carbons (Fsp3) is 0.0175. The summed E-state index contributed by atoms with van der Waals surface area (Å²) < 4.78 is 66.5. The summed E-state index contributed by atoms with van der Waals surface area (Å²) in [5, 5.41) is 26.6. The van der Waals surface area contributed by atoms with Crippen LogP contribution in [0.25, 0.3) is 61.8 Å². The number of nitrogens with one attached hydrogen (secondary N) is 1. The van der Waals surface area contributed by atoms with Gasteiger partial charge in [0.2, 0.25) is 29.7 Å². The Balaban J connectivity index is 0.000000162. The molecule has 0 aliphatic carbocycles. The van der Waals surface area contributed by atoms with Crippen molar-refractivity contribution in [3.05, 3.63) is 221 Å². The summed E-state index contributed by atoms with van der Waals surface area (Å²) in [6, 6.07) is 35.3. The van der Waals surface area contributed by atoms with Gasteiger partial charge >= 0.3 is 7.12 Å². The van der Waals surface area contributed by atoms with E-state index in [1.165, 1.54) is 85.2 Å². The van der Waals surface area contributed by atoms with Gasteiger partial charge in [-0.1, -0.05) is 70.1 Å². The van der Waals surface area contributed by atoms with E-state index in [4.69, 9.17) is 103 Å². The molecule has 12 rings (SSSR count). The first kappa shape index (κ1) is 70.4. The molecule has 0 atom stereocenters. The molecule has 0 aliphatic heterocycles. The lowest BCUT2D eigenvalue weighted by Crippen LogP contribution is -2.29. The summed E-state index contributed by atoms with van der Waals surface area (Å²) >= 11 is 35.1. The van der Waals surface area contributed by atoms with Crippen molar-refractivity contribution in [2.24, 2.45) is 5.84 Å². The van der Waals surface area contributed by atoms with Crippen LogP contribution in [0.1, 0.15) is 5.69 Å². The topological polar surface area (TPSA) is 368 Å². The van der Waals surface area contributed by atoms with E-state index < -0.39 is 7.12 Å². The summed E-state index contributed by atoms with van der Waals surface area (Å²) in [6.45, 7) is 1.85. The Kier molecular flexibility index (Phi) is 25.1. The van der Waals surface area contributed by atoms with Crippen LogP contribution in [0.3, 0.4) is 0 Å². The lowest BCUT2D eigenvalue weighted by molar-refractivity contribution is 0.425. The zero-order chi connectivity index (χ0) is 66.9. The molecule has 5 aromatic carbocycles. The van der Waals surface area contributed by atoms with Crippen LogP contribution in [0, 0.1) is 36.0 Å². The van der Waals surface area contributed by atoms with E-state index in [0.717, 1.165) is 16.8 Å². The minimum absolute atomic E-state index is 0.0764. The largest absolute Gasteiger partial charge is 0.488 e. The molecule has 0 radical (unpaired) electrons. The summed E-state index contributed by atoms with van der Waals surface area (Å²) in [6.07, 6.45) is 1.49. The first-order valence-corrected chi connectivity index (χ1v) is 29.1. The van der Waals surface area contributed by atoms with Gasteiger partial charge in [0.1, 0.15) is 61.2 Å². The molecule has 15 N–H and O–H groups in total. The van der Waals surface area contributed by atoms with E-state index in [1.807, 2.05) is 13.0 Å². The highest BCUT2D eigenvalue weighted by atomic mass is 79.9. The molecule has 0 amide bonds. The second kappa shape index (κ2) is 32.8. The lowest BCUT2D eigenvalue weighted by Gasteiger charge is -2.13. The van der Waals surface area contributed by atoms with Gasteiger partial charge in [0.25, 0.3) is 0 Å². The molecule has 470 valence electrons. The number of anilines is 6. The summed E-state index contributed by atoms with van der Waals surface area (Å²) in [7, 11) is -1.51. The van der Waals surface area contributed by atoms with Crippen LogP contribution >= 0.6 is 89.9 Å². The number of aromatic nitrogens is 13. The molecule has 92 heavy (non-hydrogen) atoms. The van der Waals surface area contributed by atoms with E-state index in [0.29, 0.717) is 76.1 Å². The van der Waals surface area contributed by atoms with Crippen LogP contribution in [0.4, 0.5) is 57.5 Å². The highest BCUT2D eigenvalue weighted by Gasteiger charge is 2.20. The van der Waals surface area contributed by atoms with Crippen molar-refractivity contribution < 1.29 is 32.0 Å². The number of rotatable bonds is 7. The van der Waals surface area contributed by atoms with Gasteiger partial charge in [-0.05, 0) is 171 Å². The van der Waals surface area contributed by atoms with Crippen LogP contribution in [0.2, 0.25) is 25.8 Å². The minimum Gasteiger partial charge on any atom is -0.423 e. The second-order valence-corrected chi connectivity index (χ2v) is 21.6. The van der Waals surface area contributed by atoms with Crippen molar-refractivity contribution in [1.29, 1.82) is 0 Å². The van der Waals surface area contributed by atoms with Crippen LogP contribution in [0.5, 0.6) is 0 Å². The molecule has 7 heterocycles. The number of hydrazine groups is 1. The molecular weight excluding hydrogens is 1440 g/mol. The molecule has 12 aromatic rings. The van der Waals surface area contributed by atoms with E-state index in [1.54, 1.807) is 65.1 Å². The predicted octanol–water partition coefficient (Wildman–Crippen LogP) is 12.1. The third kappa shape index (κ3) is 20.0. The summed E-state index contributed by atoms with van der Waals surface area (Å²) in [5.74, 6) is 4.62. The Labute approximate surface area is 560 Å². The smallest absolute Gasteiger partial charge is 0.423 e. The molecule has 7 aromatic heterocycles. The number of hydrogen-bond donors (Lipinski definition) is 9. The molecule has 0 aliphatic rings. The molecule has 0 fully saturated rings. The molecule has 35 heteroatoms. The summed E-state index contributed by atoms with van der Waals surface area (Å²) in [4.78, 5) is 39.4. The zero-order valence-corrected chi connectivity index (χ0v) is 53.7. The van der Waals surface area contributed by atoms with Gasteiger partial charge < -0.3 is 44.1 Å². The molecular formula is C57H43BBr2Cl5F5N20O2. The fourth-order valence-corrected chi connectivity index (χ4v) is 9.58. The van der Waals surface area contributed by atoms with E-state index in [-0.39, 0.29) is 79.4 Å². The highest BCUT2D eigenvalue weighted by Crippen LogP contribution is 2.37.